The monoisotopic (exact) mass is 250 g/mol. The van der Waals surface area contributed by atoms with Crippen LogP contribution in [-0.4, -0.2) is 22.1 Å². The van der Waals surface area contributed by atoms with Crippen molar-refractivity contribution in [3.63, 3.8) is 0 Å². The first kappa shape index (κ1) is 13.1. The van der Waals surface area contributed by atoms with Crippen molar-refractivity contribution in [2.75, 3.05) is 11.9 Å². The van der Waals surface area contributed by atoms with E-state index in [0.29, 0.717) is 18.3 Å². The van der Waals surface area contributed by atoms with Crippen molar-refractivity contribution in [2.45, 2.75) is 51.0 Å². The molecule has 100 valence electrons. The van der Waals surface area contributed by atoms with Gasteiger partial charge in [0.1, 0.15) is 11.6 Å². The van der Waals surface area contributed by atoms with E-state index < -0.39 is 0 Å². The summed E-state index contributed by atoms with van der Waals surface area (Å²) in [6, 6.07) is 1.50. The standard InChI is InChI=1S/C13H22N4O/c1-3-13(14,4-2)8-15-10-7-11(18)17-12(16-10)9-5-6-9/h7,9H,3-6,8,14H2,1-2H3,(H2,15,16,17,18). The molecule has 0 saturated heterocycles. The normalized spacial score (nSPS) is 15.7. The van der Waals surface area contributed by atoms with E-state index in [1.807, 2.05) is 0 Å². The predicted octanol–water partition coefficient (Wildman–Crippen LogP) is 1.58. The van der Waals surface area contributed by atoms with Gasteiger partial charge in [-0.1, -0.05) is 13.8 Å². The van der Waals surface area contributed by atoms with E-state index in [2.05, 4.69) is 29.1 Å². The fourth-order valence-electron chi connectivity index (χ4n) is 1.88. The third-order valence-corrected chi connectivity index (χ3v) is 3.75. The van der Waals surface area contributed by atoms with E-state index in [1.54, 1.807) is 0 Å². The molecular formula is C13H22N4O. The van der Waals surface area contributed by atoms with E-state index in [4.69, 9.17) is 5.73 Å². The second-order valence-electron chi connectivity index (χ2n) is 5.21. The topological polar surface area (TPSA) is 83.8 Å². The molecule has 1 aliphatic rings. The molecule has 0 atom stereocenters. The third-order valence-electron chi connectivity index (χ3n) is 3.75. The molecule has 1 heterocycles. The minimum Gasteiger partial charge on any atom is -0.368 e. The van der Waals surface area contributed by atoms with Crippen LogP contribution in [0.25, 0.3) is 0 Å². The zero-order valence-corrected chi connectivity index (χ0v) is 11.1. The summed E-state index contributed by atoms with van der Waals surface area (Å²) in [5.41, 5.74) is 5.89. The molecule has 0 radical (unpaired) electrons. The van der Waals surface area contributed by atoms with Crippen LogP contribution in [0.5, 0.6) is 0 Å². The zero-order valence-electron chi connectivity index (χ0n) is 11.1. The number of hydrogen-bond acceptors (Lipinski definition) is 4. The van der Waals surface area contributed by atoms with Gasteiger partial charge in [0.15, 0.2) is 0 Å². The van der Waals surface area contributed by atoms with Crippen LogP contribution in [0.3, 0.4) is 0 Å². The van der Waals surface area contributed by atoms with Crippen LogP contribution in [0.15, 0.2) is 10.9 Å². The summed E-state index contributed by atoms with van der Waals surface area (Å²) in [5, 5.41) is 3.19. The highest BCUT2D eigenvalue weighted by molar-refractivity contribution is 5.34. The average molecular weight is 250 g/mol. The lowest BCUT2D eigenvalue weighted by Gasteiger charge is -2.27. The predicted molar refractivity (Wildman–Crippen MR) is 72.8 cm³/mol. The zero-order chi connectivity index (χ0) is 13.2. The number of anilines is 1. The molecule has 0 aliphatic heterocycles. The molecule has 5 nitrogen and oxygen atoms in total. The summed E-state index contributed by atoms with van der Waals surface area (Å²) in [6.07, 6.45) is 4.04. The van der Waals surface area contributed by atoms with Gasteiger partial charge in [-0.25, -0.2) is 4.98 Å². The van der Waals surface area contributed by atoms with Crippen LogP contribution in [-0.2, 0) is 0 Å². The maximum absolute atomic E-state index is 11.5. The molecule has 0 bridgehead atoms. The average Bonchev–Trinajstić information content (AvgIpc) is 3.19. The fourth-order valence-corrected chi connectivity index (χ4v) is 1.88. The van der Waals surface area contributed by atoms with Crippen molar-refractivity contribution in [3.8, 4) is 0 Å². The van der Waals surface area contributed by atoms with Gasteiger partial charge in [-0.2, -0.15) is 0 Å². The first-order valence-corrected chi connectivity index (χ1v) is 6.70. The smallest absolute Gasteiger partial charge is 0.252 e. The van der Waals surface area contributed by atoms with E-state index >= 15 is 0 Å². The minimum absolute atomic E-state index is 0.0926. The minimum atomic E-state index is -0.232. The van der Waals surface area contributed by atoms with E-state index in [1.165, 1.54) is 6.07 Å². The number of H-pyrrole nitrogens is 1. The maximum Gasteiger partial charge on any atom is 0.252 e. The lowest BCUT2D eigenvalue weighted by Crippen LogP contribution is -2.45. The molecular weight excluding hydrogens is 228 g/mol. The third kappa shape index (κ3) is 3.10. The van der Waals surface area contributed by atoms with Crippen LogP contribution in [0.4, 0.5) is 5.82 Å². The van der Waals surface area contributed by atoms with Gasteiger partial charge < -0.3 is 16.0 Å². The Morgan fingerprint density at radius 3 is 2.72 bits per heavy atom. The van der Waals surface area contributed by atoms with Gasteiger partial charge in [-0.3, -0.25) is 4.79 Å². The summed E-state index contributed by atoms with van der Waals surface area (Å²) >= 11 is 0. The summed E-state index contributed by atoms with van der Waals surface area (Å²) in [5.74, 6) is 1.89. The van der Waals surface area contributed by atoms with Crippen molar-refractivity contribution < 1.29 is 0 Å². The summed E-state index contributed by atoms with van der Waals surface area (Å²) in [4.78, 5) is 18.8. The Hall–Kier alpha value is -1.36. The molecule has 0 unspecified atom stereocenters. The van der Waals surface area contributed by atoms with Crippen LogP contribution < -0.4 is 16.6 Å². The van der Waals surface area contributed by atoms with Crippen molar-refractivity contribution in [1.29, 1.82) is 0 Å². The number of aromatic amines is 1. The number of aromatic nitrogens is 2. The molecule has 5 heteroatoms. The highest BCUT2D eigenvalue weighted by Crippen LogP contribution is 2.37. The molecule has 4 N–H and O–H groups in total. The molecule has 1 fully saturated rings. The van der Waals surface area contributed by atoms with Crippen LogP contribution in [0.1, 0.15) is 51.3 Å². The second kappa shape index (κ2) is 5.10. The summed E-state index contributed by atoms with van der Waals surface area (Å²) in [6.45, 7) is 4.79. The first-order valence-electron chi connectivity index (χ1n) is 6.70. The Morgan fingerprint density at radius 1 is 1.50 bits per heavy atom. The van der Waals surface area contributed by atoms with Crippen molar-refractivity contribution >= 4 is 5.82 Å². The summed E-state index contributed by atoms with van der Waals surface area (Å²) < 4.78 is 0. The van der Waals surface area contributed by atoms with Crippen molar-refractivity contribution in [2.24, 2.45) is 5.73 Å². The Morgan fingerprint density at radius 2 is 2.17 bits per heavy atom. The van der Waals surface area contributed by atoms with Gasteiger partial charge in [0, 0.05) is 24.1 Å². The number of hydrogen-bond donors (Lipinski definition) is 3. The number of nitrogens with zero attached hydrogens (tertiary/aromatic N) is 1. The van der Waals surface area contributed by atoms with Crippen LogP contribution in [0.2, 0.25) is 0 Å². The van der Waals surface area contributed by atoms with Gasteiger partial charge in [0.05, 0.1) is 0 Å². The first-order chi connectivity index (χ1) is 8.56. The second-order valence-corrected chi connectivity index (χ2v) is 5.21. The van der Waals surface area contributed by atoms with Gasteiger partial charge in [-0.05, 0) is 25.7 Å². The van der Waals surface area contributed by atoms with Crippen LogP contribution >= 0.6 is 0 Å². The van der Waals surface area contributed by atoms with Gasteiger partial charge in [0.25, 0.3) is 5.56 Å². The van der Waals surface area contributed by atoms with Gasteiger partial charge in [0.2, 0.25) is 0 Å². The van der Waals surface area contributed by atoms with Crippen molar-refractivity contribution in [1.82, 2.24) is 9.97 Å². The Labute approximate surface area is 107 Å². The van der Waals surface area contributed by atoms with E-state index in [-0.39, 0.29) is 11.1 Å². The fraction of sp³-hybridized carbons (Fsp3) is 0.692. The molecule has 0 spiro atoms. The molecule has 1 aromatic rings. The van der Waals surface area contributed by atoms with Crippen molar-refractivity contribution in [3.05, 3.63) is 22.2 Å². The molecule has 18 heavy (non-hydrogen) atoms. The molecule has 0 amide bonds. The SMILES string of the molecule is CCC(N)(CC)CNc1cc(=O)[nH]c(C2CC2)n1. The molecule has 1 aliphatic carbocycles. The number of nitrogens with two attached hydrogens (primary N) is 1. The highest BCUT2D eigenvalue weighted by Gasteiger charge is 2.26. The lowest BCUT2D eigenvalue weighted by molar-refractivity contribution is 0.417. The van der Waals surface area contributed by atoms with Crippen LogP contribution in [0, 0.1) is 0 Å². The molecule has 1 saturated carbocycles. The number of rotatable bonds is 6. The molecule has 1 aromatic heterocycles. The maximum atomic E-state index is 11.5. The van der Waals surface area contributed by atoms with E-state index in [0.717, 1.165) is 31.5 Å². The molecule has 0 aromatic carbocycles. The van der Waals surface area contributed by atoms with E-state index in [9.17, 15) is 4.79 Å². The molecule has 2 rings (SSSR count). The Bertz CT molecular complexity index is 460. The largest absolute Gasteiger partial charge is 0.368 e. The highest BCUT2D eigenvalue weighted by atomic mass is 16.1. The van der Waals surface area contributed by atoms with Gasteiger partial charge in [-0.15, -0.1) is 0 Å². The Kier molecular flexibility index (Phi) is 3.71. The quantitative estimate of drug-likeness (QED) is 0.715. The lowest BCUT2D eigenvalue weighted by atomic mass is 9.94. The number of nitrogens with one attached hydrogen (secondary N) is 2. The summed E-state index contributed by atoms with van der Waals surface area (Å²) in [7, 11) is 0. The Balaban J connectivity index is 2.07. The van der Waals surface area contributed by atoms with Gasteiger partial charge >= 0.3 is 0 Å².